The van der Waals surface area contributed by atoms with Crippen molar-refractivity contribution in [1.82, 2.24) is 4.98 Å². The molecule has 0 spiro atoms. The molecule has 0 saturated carbocycles. The molecule has 0 radical (unpaired) electrons. The van der Waals surface area contributed by atoms with Crippen LogP contribution in [0, 0.1) is 10.5 Å². The van der Waals surface area contributed by atoms with Gasteiger partial charge in [-0.2, -0.15) is 0 Å². The molecule has 0 bridgehead atoms. The molecule has 0 aliphatic rings. The lowest BCUT2D eigenvalue weighted by Gasteiger charge is -2.05. The first kappa shape index (κ1) is 13.6. The number of hydrogen-bond donors (Lipinski definition) is 1. The predicted octanol–water partition coefficient (Wildman–Crippen LogP) is 4.97. The van der Waals surface area contributed by atoms with Gasteiger partial charge in [0.1, 0.15) is 0 Å². The van der Waals surface area contributed by atoms with Gasteiger partial charge in [0.05, 0.1) is 0 Å². The number of halogens is 2. The van der Waals surface area contributed by atoms with Gasteiger partial charge in [0.2, 0.25) is 0 Å². The van der Waals surface area contributed by atoms with Gasteiger partial charge in [0.15, 0.2) is 5.78 Å². The van der Waals surface area contributed by atoms with Crippen molar-refractivity contribution in [3.63, 3.8) is 0 Å². The summed E-state index contributed by atoms with van der Waals surface area (Å²) in [5, 5.41) is 1.56. The Morgan fingerprint density at radius 3 is 2.80 bits per heavy atom. The minimum absolute atomic E-state index is 0.0340. The van der Waals surface area contributed by atoms with Crippen LogP contribution in [0.1, 0.15) is 21.5 Å². The summed E-state index contributed by atoms with van der Waals surface area (Å²) >= 11 is 8.19. The van der Waals surface area contributed by atoms with Gasteiger partial charge >= 0.3 is 0 Å². The van der Waals surface area contributed by atoms with E-state index in [1.165, 1.54) is 0 Å². The molecule has 0 unspecified atom stereocenters. The lowest BCUT2D eigenvalue weighted by molar-refractivity contribution is 0.103. The zero-order valence-electron chi connectivity index (χ0n) is 10.7. The highest BCUT2D eigenvalue weighted by atomic mass is 127. The molecule has 0 fully saturated rings. The van der Waals surface area contributed by atoms with Gasteiger partial charge in [-0.3, -0.25) is 4.79 Å². The summed E-state index contributed by atoms with van der Waals surface area (Å²) in [6.45, 7) is 2.01. The molecule has 0 atom stereocenters. The Balaban J connectivity index is 2.16. The molecule has 2 aromatic carbocycles. The van der Waals surface area contributed by atoms with E-state index >= 15 is 0 Å². The number of rotatable bonds is 2. The third-order valence-electron chi connectivity index (χ3n) is 3.32. The minimum atomic E-state index is 0.0340. The lowest BCUT2D eigenvalue weighted by Crippen LogP contribution is -2.04. The first-order valence-electron chi connectivity index (χ1n) is 6.14. The van der Waals surface area contributed by atoms with Crippen LogP contribution in [0.4, 0.5) is 0 Å². The summed E-state index contributed by atoms with van der Waals surface area (Å²) < 4.78 is 0.999. The van der Waals surface area contributed by atoms with Crippen LogP contribution in [0.15, 0.2) is 42.6 Å². The molecule has 0 aliphatic carbocycles. The van der Waals surface area contributed by atoms with E-state index in [4.69, 9.17) is 11.6 Å². The van der Waals surface area contributed by atoms with E-state index in [0.29, 0.717) is 10.6 Å². The van der Waals surface area contributed by atoms with Gasteiger partial charge < -0.3 is 4.98 Å². The number of aryl methyl sites for hydroxylation is 1. The Morgan fingerprint density at radius 2 is 2.00 bits per heavy atom. The largest absolute Gasteiger partial charge is 0.360 e. The van der Waals surface area contributed by atoms with Gasteiger partial charge in [-0.15, -0.1) is 0 Å². The summed E-state index contributed by atoms with van der Waals surface area (Å²) in [7, 11) is 0. The van der Waals surface area contributed by atoms with E-state index in [2.05, 4.69) is 27.6 Å². The van der Waals surface area contributed by atoms with Crippen LogP contribution >= 0.6 is 34.2 Å². The molecule has 100 valence electrons. The standard InChI is InChI=1S/C16H11ClINO/c1-9-3-2-4-12(15(9)18)16(20)13-8-19-14-7-10(17)5-6-11(13)14/h2-8,19H,1H3. The average Bonchev–Trinajstić information content (AvgIpc) is 2.84. The highest BCUT2D eigenvalue weighted by Gasteiger charge is 2.17. The molecule has 3 aromatic rings. The second kappa shape index (κ2) is 5.22. The van der Waals surface area contributed by atoms with Crippen molar-refractivity contribution >= 4 is 50.9 Å². The van der Waals surface area contributed by atoms with E-state index in [-0.39, 0.29) is 5.78 Å². The third-order valence-corrected chi connectivity index (χ3v) is 4.99. The summed E-state index contributed by atoms with van der Waals surface area (Å²) in [6.07, 6.45) is 1.75. The van der Waals surface area contributed by atoms with E-state index < -0.39 is 0 Å². The van der Waals surface area contributed by atoms with E-state index in [1.807, 2.05) is 37.3 Å². The van der Waals surface area contributed by atoms with Gasteiger partial charge in [0.25, 0.3) is 0 Å². The van der Waals surface area contributed by atoms with Crippen molar-refractivity contribution in [3.8, 4) is 0 Å². The molecule has 3 rings (SSSR count). The van der Waals surface area contributed by atoms with Crippen LogP contribution in [-0.2, 0) is 0 Å². The maximum atomic E-state index is 12.7. The molecule has 4 heteroatoms. The molecule has 0 aliphatic heterocycles. The second-order valence-electron chi connectivity index (χ2n) is 4.66. The van der Waals surface area contributed by atoms with Gasteiger partial charge in [-0.05, 0) is 53.3 Å². The molecule has 1 heterocycles. The van der Waals surface area contributed by atoms with Crippen LogP contribution < -0.4 is 0 Å². The first-order valence-corrected chi connectivity index (χ1v) is 7.60. The molecule has 20 heavy (non-hydrogen) atoms. The number of aromatic nitrogens is 1. The predicted molar refractivity (Wildman–Crippen MR) is 90.6 cm³/mol. The first-order chi connectivity index (χ1) is 9.58. The summed E-state index contributed by atoms with van der Waals surface area (Å²) in [6, 6.07) is 11.3. The Hall–Kier alpha value is -1.33. The smallest absolute Gasteiger partial charge is 0.196 e. The number of hydrogen-bond acceptors (Lipinski definition) is 1. The third kappa shape index (κ3) is 2.25. The molecule has 1 N–H and O–H groups in total. The molecule has 0 saturated heterocycles. The van der Waals surface area contributed by atoms with Gasteiger partial charge in [-0.1, -0.05) is 29.8 Å². The van der Waals surface area contributed by atoms with Crippen LogP contribution in [0.5, 0.6) is 0 Å². The molecule has 0 amide bonds. The Labute approximate surface area is 135 Å². The number of carbonyl (C=O) groups is 1. The SMILES string of the molecule is Cc1cccc(C(=O)c2c[nH]c3cc(Cl)ccc23)c1I. The number of nitrogens with one attached hydrogen (secondary N) is 1. The number of fused-ring (bicyclic) bond motifs is 1. The average molecular weight is 396 g/mol. The fourth-order valence-corrected chi connectivity index (χ4v) is 3.03. The Kier molecular flexibility index (Phi) is 3.56. The molecule has 1 aromatic heterocycles. The highest BCUT2D eigenvalue weighted by molar-refractivity contribution is 14.1. The quantitative estimate of drug-likeness (QED) is 0.482. The number of benzene rings is 2. The van der Waals surface area contributed by atoms with Crippen molar-refractivity contribution in [2.45, 2.75) is 6.92 Å². The maximum absolute atomic E-state index is 12.7. The van der Waals surface area contributed by atoms with Crippen molar-refractivity contribution in [2.24, 2.45) is 0 Å². The van der Waals surface area contributed by atoms with Crippen molar-refractivity contribution in [1.29, 1.82) is 0 Å². The van der Waals surface area contributed by atoms with Crippen LogP contribution in [0.25, 0.3) is 10.9 Å². The number of H-pyrrole nitrogens is 1. The summed E-state index contributed by atoms with van der Waals surface area (Å²) in [5.41, 5.74) is 3.41. The van der Waals surface area contributed by atoms with Crippen molar-refractivity contribution < 1.29 is 4.79 Å². The second-order valence-corrected chi connectivity index (χ2v) is 6.17. The topological polar surface area (TPSA) is 32.9 Å². The number of aromatic amines is 1. The summed E-state index contributed by atoms with van der Waals surface area (Å²) in [4.78, 5) is 15.8. The normalized spacial score (nSPS) is 10.9. The zero-order chi connectivity index (χ0) is 14.3. The molecular formula is C16H11ClINO. The minimum Gasteiger partial charge on any atom is -0.360 e. The number of carbonyl (C=O) groups excluding carboxylic acids is 1. The fraction of sp³-hybridized carbons (Fsp3) is 0.0625. The maximum Gasteiger partial charge on any atom is 0.196 e. The summed E-state index contributed by atoms with van der Waals surface area (Å²) in [5.74, 6) is 0.0340. The Bertz CT molecular complexity index is 822. The monoisotopic (exact) mass is 395 g/mol. The van der Waals surface area contributed by atoms with E-state index in [0.717, 1.165) is 25.6 Å². The van der Waals surface area contributed by atoms with Crippen molar-refractivity contribution in [3.05, 3.63) is 67.9 Å². The van der Waals surface area contributed by atoms with Crippen molar-refractivity contribution in [2.75, 3.05) is 0 Å². The Morgan fingerprint density at radius 1 is 1.20 bits per heavy atom. The van der Waals surface area contributed by atoms with Crippen LogP contribution in [-0.4, -0.2) is 10.8 Å². The van der Waals surface area contributed by atoms with Crippen LogP contribution in [0.2, 0.25) is 5.02 Å². The van der Waals surface area contributed by atoms with Gasteiger partial charge in [0, 0.05) is 36.8 Å². The fourth-order valence-electron chi connectivity index (χ4n) is 2.25. The van der Waals surface area contributed by atoms with Gasteiger partial charge in [-0.25, -0.2) is 0 Å². The van der Waals surface area contributed by atoms with E-state index in [9.17, 15) is 4.79 Å². The van der Waals surface area contributed by atoms with Crippen LogP contribution in [0.3, 0.4) is 0 Å². The molecule has 2 nitrogen and oxygen atoms in total. The number of ketones is 1. The lowest BCUT2D eigenvalue weighted by atomic mass is 10.0. The zero-order valence-corrected chi connectivity index (χ0v) is 13.6. The molecular weight excluding hydrogens is 385 g/mol. The van der Waals surface area contributed by atoms with E-state index in [1.54, 1.807) is 12.3 Å². The highest BCUT2D eigenvalue weighted by Crippen LogP contribution is 2.26.